The molecule has 2 amide bonds. The quantitative estimate of drug-likeness (QED) is 0.878. The van der Waals surface area contributed by atoms with Gasteiger partial charge >= 0.3 is 6.03 Å². The van der Waals surface area contributed by atoms with E-state index in [1.165, 1.54) is 16.7 Å². The number of carbonyl (C=O) groups is 1. The fourth-order valence-corrected chi connectivity index (χ4v) is 3.61. The number of aromatic nitrogens is 2. The van der Waals surface area contributed by atoms with Gasteiger partial charge in [0.25, 0.3) is 0 Å². The molecule has 1 aromatic heterocycles. The fraction of sp³-hybridized carbons (Fsp3) is 0.500. The van der Waals surface area contributed by atoms with Crippen molar-refractivity contribution in [2.45, 2.75) is 58.5 Å². The number of aryl methyl sites for hydroxylation is 3. The average Bonchev–Trinajstić information content (AvgIpc) is 3.25. The molecule has 1 aliphatic rings. The maximum atomic E-state index is 12.3. The highest BCUT2D eigenvalue weighted by Gasteiger charge is 2.40. The zero-order chi connectivity index (χ0) is 18.1. The van der Waals surface area contributed by atoms with Crippen molar-refractivity contribution in [3.8, 4) is 0 Å². The second-order valence-electron chi connectivity index (χ2n) is 7.30. The van der Waals surface area contributed by atoms with E-state index in [0.717, 1.165) is 24.2 Å². The minimum atomic E-state index is -0.0761. The molecule has 0 bridgehead atoms. The molecule has 0 radical (unpaired) electrons. The van der Waals surface area contributed by atoms with Crippen LogP contribution < -0.4 is 10.6 Å². The molecule has 1 heterocycles. The van der Waals surface area contributed by atoms with Crippen molar-refractivity contribution in [3.63, 3.8) is 0 Å². The Hall–Kier alpha value is -2.30. The van der Waals surface area contributed by atoms with E-state index in [4.69, 9.17) is 0 Å². The number of nitrogens with one attached hydrogen (secondary N) is 2. The Kier molecular flexibility index (Phi) is 4.84. The maximum Gasteiger partial charge on any atom is 0.315 e. The minimum absolute atomic E-state index is 0.0669. The van der Waals surface area contributed by atoms with Gasteiger partial charge in [0.05, 0.1) is 5.69 Å². The van der Waals surface area contributed by atoms with Crippen LogP contribution in [0.25, 0.3) is 0 Å². The molecule has 0 spiro atoms. The van der Waals surface area contributed by atoms with Gasteiger partial charge < -0.3 is 10.6 Å². The van der Waals surface area contributed by atoms with Gasteiger partial charge in [-0.3, -0.25) is 4.68 Å². The van der Waals surface area contributed by atoms with Crippen molar-refractivity contribution in [1.29, 1.82) is 0 Å². The highest BCUT2D eigenvalue weighted by atomic mass is 16.2. The van der Waals surface area contributed by atoms with E-state index < -0.39 is 0 Å². The van der Waals surface area contributed by atoms with Crippen molar-refractivity contribution < 1.29 is 4.79 Å². The molecule has 3 unspecified atom stereocenters. The fourth-order valence-electron chi connectivity index (χ4n) is 3.61. The van der Waals surface area contributed by atoms with E-state index in [9.17, 15) is 4.79 Å². The second kappa shape index (κ2) is 6.90. The Labute approximate surface area is 149 Å². The van der Waals surface area contributed by atoms with Crippen molar-refractivity contribution in [3.05, 3.63) is 52.3 Å². The minimum Gasteiger partial charge on any atom is -0.335 e. The number of hydrogen-bond donors (Lipinski definition) is 2. The number of carbonyl (C=O) groups excluding carboxylic acids is 1. The highest BCUT2D eigenvalue weighted by molar-refractivity contribution is 5.75. The van der Waals surface area contributed by atoms with Gasteiger partial charge in [0, 0.05) is 30.7 Å². The Morgan fingerprint density at radius 3 is 2.68 bits per heavy atom. The van der Waals surface area contributed by atoms with Crippen molar-refractivity contribution in [2.75, 3.05) is 0 Å². The van der Waals surface area contributed by atoms with Gasteiger partial charge in [-0.25, -0.2) is 4.79 Å². The summed E-state index contributed by atoms with van der Waals surface area (Å²) in [5.74, 6) is 0.449. The summed E-state index contributed by atoms with van der Waals surface area (Å²) in [6.45, 7) is 8.26. The van der Waals surface area contributed by atoms with Gasteiger partial charge in [-0.05, 0) is 57.2 Å². The molecular weight excluding hydrogens is 312 g/mol. The molecule has 3 rings (SSSR count). The molecule has 25 heavy (non-hydrogen) atoms. The van der Waals surface area contributed by atoms with Gasteiger partial charge in [0.1, 0.15) is 0 Å². The third-order valence-corrected chi connectivity index (χ3v) is 5.24. The molecule has 2 aromatic rings. The molecule has 1 aliphatic carbocycles. The Bertz CT molecular complexity index is 780. The largest absolute Gasteiger partial charge is 0.335 e. The van der Waals surface area contributed by atoms with Crippen LogP contribution in [0.1, 0.15) is 47.3 Å². The zero-order valence-electron chi connectivity index (χ0n) is 15.8. The second-order valence-corrected chi connectivity index (χ2v) is 7.30. The first kappa shape index (κ1) is 17.5. The smallest absolute Gasteiger partial charge is 0.315 e. The lowest BCUT2D eigenvalue weighted by Crippen LogP contribution is -2.43. The summed E-state index contributed by atoms with van der Waals surface area (Å²) in [6.07, 6.45) is 1.82. The van der Waals surface area contributed by atoms with Crippen LogP contribution in [0.3, 0.4) is 0 Å². The molecule has 3 atom stereocenters. The van der Waals surface area contributed by atoms with Gasteiger partial charge in [0.2, 0.25) is 0 Å². The number of urea groups is 1. The molecule has 0 saturated heterocycles. The predicted octanol–water partition coefficient (Wildman–Crippen LogP) is 3.13. The van der Waals surface area contributed by atoms with Gasteiger partial charge in [0.15, 0.2) is 0 Å². The van der Waals surface area contributed by atoms with Crippen molar-refractivity contribution >= 4 is 6.03 Å². The topological polar surface area (TPSA) is 59.0 Å². The summed E-state index contributed by atoms with van der Waals surface area (Å²) < 4.78 is 1.90. The highest BCUT2D eigenvalue weighted by Crippen LogP contribution is 2.42. The normalized spacial score (nSPS) is 20.2. The average molecular weight is 340 g/mol. The summed E-state index contributed by atoms with van der Waals surface area (Å²) >= 11 is 0. The summed E-state index contributed by atoms with van der Waals surface area (Å²) in [5.41, 5.74) is 6.07. The molecule has 1 fully saturated rings. The molecule has 5 heteroatoms. The van der Waals surface area contributed by atoms with E-state index in [1.807, 2.05) is 25.6 Å². The lowest BCUT2D eigenvalue weighted by molar-refractivity contribution is 0.237. The molecule has 2 N–H and O–H groups in total. The Morgan fingerprint density at radius 2 is 2.04 bits per heavy atom. The molecule has 1 saturated carbocycles. The van der Waals surface area contributed by atoms with Crippen LogP contribution in [0.4, 0.5) is 4.79 Å². The van der Waals surface area contributed by atoms with Crippen LogP contribution in [0.5, 0.6) is 0 Å². The number of amides is 2. The standard InChI is InChI=1S/C20H28N4O/c1-12-8-6-7-9-16(12)18-11-19(18)22-20(25)21-13(2)10-17-14(3)23-24(5)15(17)4/h6-9,13,18-19H,10-11H2,1-5H3,(H2,21,22,25). The molecular formula is C20H28N4O. The van der Waals surface area contributed by atoms with Crippen molar-refractivity contribution in [2.24, 2.45) is 7.05 Å². The first-order valence-corrected chi connectivity index (χ1v) is 8.98. The van der Waals surface area contributed by atoms with E-state index in [2.05, 4.69) is 53.8 Å². The lowest BCUT2D eigenvalue weighted by atomic mass is 10.0. The molecule has 0 aliphatic heterocycles. The van der Waals surface area contributed by atoms with Crippen LogP contribution in [-0.4, -0.2) is 27.9 Å². The number of hydrogen-bond acceptors (Lipinski definition) is 2. The number of rotatable bonds is 5. The first-order valence-electron chi connectivity index (χ1n) is 8.98. The summed E-state index contributed by atoms with van der Waals surface area (Å²) in [5, 5.41) is 10.6. The summed E-state index contributed by atoms with van der Waals surface area (Å²) in [6, 6.07) is 8.65. The Morgan fingerprint density at radius 1 is 1.32 bits per heavy atom. The van der Waals surface area contributed by atoms with Crippen molar-refractivity contribution in [1.82, 2.24) is 20.4 Å². The van der Waals surface area contributed by atoms with Crippen LogP contribution in [0, 0.1) is 20.8 Å². The monoisotopic (exact) mass is 340 g/mol. The van der Waals surface area contributed by atoms with Crippen LogP contribution >= 0.6 is 0 Å². The third kappa shape index (κ3) is 3.86. The van der Waals surface area contributed by atoms with Gasteiger partial charge in [-0.1, -0.05) is 24.3 Å². The van der Waals surface area contributed by atoms with E-state index in [1.54, 1.807) is 0 Å². The lowest BCUT2D eigenvalue weighted by Gasteiger charge is -2.15. The van der Waals surface area contributed by atoms with Crippen LogP contribution in [0.2, 0.25) is 0 Å². The first-order chi connectivity index (χ1) is 11.9. The Balaban J connectivity index is 1.51. The molecule has 5 nitrogen and oxygen atoms in total. The summed E-state index contributed by atoms with van der Waals surface area (Å²) in [4.78, 5) is 12.3. The maximum absolute atomic E-state index is 12.3. The van der Waals surface area contributed by atoms with Crippen LogP contribution in [-0.2, 0) is 13.5 Å². The van der Waals surface area contributed by atoms with Crippen LogP contribution in [0.15, 0.2) is 24.3 Å². The zero-order valence-corrected chi connectivity index (χ0v) is 15.8. The molecule has 134 valence electrons. The number of nitrogens with zero attached hydrogens (tertiary/aromatic N) is 2. The van der Waals surface area contributed by atoms with E-state index >= 15 is 0 Å². The van der Waals surface area contributed by atoms with Gasteiger partial charge in [-0.15, -0.1) is 0 Å². The van der Waals surface area contributed by atoms with Gasteiger partial charge in [-0.2, -0.15) is 5.10 Å². The predicted molar refractivity (Wildman–Crippen MR) is 99.8 cm³/mol. The summed E-state index contributed by atoms with van der Waals surface area (Å²) in [7, 11) is 1.95. The number of benzene rings is 1. The SMILES string of the molecule is Cc1ccccc1C1CC1NC(=O)NC(C)Cc1c(C)nn(C)c1C. The third-order valence-electron chi connectivity index (χ3n) is 5.24. The molecule has 1 aromatic carbocycles. The van der Waals surface area contributed by atoms with E-state index in [0.29, 0.717) is 5.92 Å². The van der Waals surface area contributed by atoms with E-state index in [-0.39, 0.29) is 18.1 Å².